The first-order valence-corrected chi connectivity index (χ1v) is 12.5. The van der Waals surface area contributed by atoms with Crippen LogP contribution in [0, 0.1) is 11.8 Å². The molecule has 8 nitrogen and oxygen atoms in total. The predicted octanol–water partition coefficient (Wildman–Crippen LogP) is 2.47. The molecule has 0 aliphatic heterocycles. The standard InChI is InChI=1S/C23H34N4O4S/c1-4-5-11-24-21(29)17-8-6-16(7-9-17)13-27-22(30)20-18(10-12-32-20)26(23(27)31)14-19(28)25-15(2)3/h10,12,15-17H,4-9,11,13-14H2,1-3H3,(H,24,29)(H,25,28). The molecule has 0 radical (unpaired) electrons. The van der Waals surface area contributed by atoms with Gasteiger partial charge in [-0.3, -0.25) is 23.5 Å². The minimum Gasteiger partial charge on any atom is -0.356 e. The second-order valence-corrected chi connectivity index (χ2v) is 9.92. The second kappa shape index (κ2) is 10.9. The normalized spacial score (nSPS) is 18.8. The van der Waals surface area contributed by atoms with Crippen molar-refractivity contribution < 1.29 is 9.59 Å². The quantitative estimate of drug-likeness (QED) is 0.559. The fourth-order valence-electron chi connectivity index (χ4n) is 4.36. The van der Waals surface area contributed by atoms with Crippen LogP contribution >= 0.6 is 11.3 Å². The predicted molar refractivity (Wildman–Crippen MR) is 127 cm³/mol. The minimum atomic E-state index is -0.445. The van der Waals surface area contributed by atoms with Crippen LogP contribution in [0.3, 0.4) is 0 Å². The fraction of sp³-hybridized carbons (Fsp3) is 0.652. The van der Waals surface area contributed by atoms with Gasteiger partial charge in [0.1, 0.15) is 11.2 Å². The van der Waals surface area contributed by atoms with Crippen LogP contribution in [0.25, 0.3) is 10.2 Å². The van der Waals surface area contributed by atoms with E-state index >= 15 is 0 Å². The molecule has 1 fully saturated rings. The van der Waals surface area contributed by atoms with Gasteiger partial charge in [0.05, 0.1) is 5.52 Å². The molecule has 0 saturated heterocycles. The highest BCUT2D eigenvalue weighted by Gasteiger charge is 2.27. The number of amides is 2. The maximum atomic E-state index is 13.2. The smallest absolute Gasteiger partial charge is 0.332 e. The van der Waals surface area contributed by atoms with Crippen LogP contribution in [0.2, 0.25) is 0 Å². The third kappa shape index (κ3) is 5.68. The molecule has 1 aliphatic carbocycles. The summed E-state index contributed by atoms with van der Waals surface area (Å²) in [5, 5.41) is 7.59. The van der Waals surface area contributed by atoms with E-state index in [1.807, 2.05) is 13.8 Å². The van der Waals surface area contributed by atoms with Gasteiger partial charge in [-0.25, -0.2) is 4.79 Å². The topological polar surface area (TPSA) is 102 Å². The number of nitrogens with one attached hydrogen (secondary N) is 2. The van der Waals surface area contributed by atoms with Gasteiger partial charge in [-0.05, 0) is 63.3 Å². The van der Waals surface area contributed by atoms with E-state index in [9.17, 15) is 19.2 Å². The van der Waals surface area contributed by atoms with Crippen molar-refractivity contribution in [3.05, 3.63) is 32.3 Å². The summed E-state index contributed by atoms with van der Waals surface area (Å²) >= 11 is 1.29. The molecule has 0 unspecified atom stereocenters. The van der Waals surface area contributed by atoms with E-state index in [0.717, 1.165) is 45.1 Å². The average Bonchev–Trinajstić information content (AvgIpc) is 3.24. The van der Waals surface area contributed by atoms with E-state index in [-0.39, 0.29) is 41.8 Å². The molecule has 2 heterocycles. The van der Waals surface area contributed by atoms with Gasteiger partial charge in [0.15, 0.2) is 0 Å². The summed E-state index contributed by atoms with van der Waals surface area (Å²) < 4.78 is 3.18. The molecular formula is C23H34N4O4S. The van der Waals surface area contributed by atoms with Gasteiger partial charge >= 0.3 is 5.69 Å². The zero-order valence-corrected chi connectivity index (χ0v) is 20.0. The molecule has 2 amide bonds. The van der Waals surface area contributed by atoms with E-state index in [1.54, 1.807) is 11.4 Å². The van der Waals surface area contributed by atoms with E-state index in [0.29, 0.717) is 16.8 Å². The van der Waals surface area contributed by atoms with E-state index in [4.69, 9.17) is 0 Å². The van der Waals surface area contributed by atoms with Crippen molar-refractivity contribution in [2.75, 3.05) is 6.54 Å². The number of rotatable bonds is 9. The third-order valence-electron chi connectivity index (χ3n) is 6.08. The highest BCUT2D eigenvalue weighted by molar-refractivity contribution is 7.17. The van der Waals surface area contributed by atoms with Crippen molar-refractivity contribution in [2.24, 2.45) is 11.8 Å². The van der Waals surface area contributed by atoms with Crippen LogP contribution in [-0.4, -0.2) is 33.5 Å². The number of hydrogen-bond acceptors (Lipinski definition) is 5. The zero-order valence-electron chi connectivity index (χ0n) is 19.2. The van der Waals surface area contributed by atoms with Gasteiger partial charge in [0.25, 0.3) is 5.56 Å². The molecule has 32 heavy (non-hydrogen) atoms. The van der Waals surface area contributed by atoms with Crippen LogP contribution in [-0.2, 0) is 22.7 Å². The summed E-state index contributed by atoms with van der Waals surface area (Å²) in [6, 6.07) is 1.69. The number of fused-ring (bicyclic) bond motifs is 1. The monoisotopic (exact) mass is 462 g/mol. The van der Waals surface area contributed by atoms with Gasteiger partial charge < -0.3 is 10.6 Å². The number of thiophene rings is 1. The van der Waals surface area contributed by atoms with E-state index in [1.165, 1.54) is 20.5 Å². The highest BCUT2D eigenvalue weighted by atomic mass is 32.1. The number of carbonyl (C=O) groups excluding carboxylic acids is 2. The minimum absolute atomic E-state index is 0.0102. The molecule has 2 aromatic heterocycles. The van der Waals surface area contributed by atoms with Crippen molar-refractivity contribution >= 4 is 33.4 Å². The first kappa shape index (κ1) is 24.2. The summed E-state index contributed by atoms with van der Waals surface area (Å²) in [5.41, 5.74) is -0.230. The number of hydrogen-bond donors (Lipinski definition) is 2. The fourth-order valence-corrected chi connectivity index (χ4v) is 5.20. The Morgan fingerprint density at radius 1 is 1.16 bits per heavy atom. The lowest BCUT2D eigenvalue weighted by atomic mass is 9.81. The van der Waals surface area contributed by atoms with Crippen LogP contribution < -0.4 is 21.9 Å². The number of nitrogens with zero attached hydrogens (tertiary/aromatic N) is 2. The summed E-state index contributed by atoms with van der Waals surface area (Å²) in [7, 11) is 0. The van der Waals surface area contributed by atoms with Crippen LogP contribution in [0.4, 0.5) is 0 Å². The maximum Gasteiger partial charge on any atom is 0.332 e. The Kier molecular flexibility index (Phi) is 8.28. The van der Waals surface area contributed by atoms with Gasteiger partial charge in [-0.1, -0.05) is 13.3 Å². The van der Waals surface area contributed by atoms with Crippen molar-refractivity contribution in [1.29, 1.82) is 0 Å². The summed E-state index contributed by atoms with van der Waals surface area (Å²) in [4.78, 5) is 50.9. The van der Waals surface area contributed by atoms with E-state index in [2.05, 4.69) is 17.6 Å². The van der Waals surface area contributed by atoms with Crippen molar-refractivity contribution in [2.45, 2.75) is 78.4 Å². The molecule has 0 aromatic carbocycles. The summed E-state index contributed by atoms with van der Waals surface area (Å²) in [6.45, 7) is 6.74. The van der Waals surface area contributed by atoms with Crippen LogP contribution in [0.5, 0.6) is 0 Å². The largest absolute Gasteiger partial charge is 0.356 e. The van der Waals surface area contributed by atoms with Crippen molar-refractivity contribution in [3.8, 4) is 0 Å². The Morgan fingerprint density at radius 2 is 1.88 bits per heavy atom. The van der Waals surface area contributed by atoms with Gasteiger partial charge in [-0.2, -0.15) is 0 Å². The summed E-state index contributed by atoms with van der Waals surface area (Å²) in [6.07, 6.45) is 5.17. The summed E-state index contributed by atoms with van der Waals surface area (Å²) in [5.74, 6) is 0.0356. The molecule has 176 valence electrons. The first-order chi connectivity index (χ1) is 15.3. The number of carbonyl (C=O) groups is 2. The molecule has 1 aliphatic rings. The molecule has 3 rings (SSSR count). The molecule has 0 spiro atoms. The van der Waals surface area contributed by atoms with Crippen LogP contribution in [0.15, 0.2) is 21.0 Å². The van der Waals surface area contributed by atoms with Crippen LogP contribution in [0.1, 0.15) is 59.3 Å². The Morgan fingerprint density at radius 3 is 2.53 bits per heavy atom. The lowest BCUT2D eigenvalue weighted by molar-refractivity contribution is -0.126. The molecular weight excluding hydrogens is 428 g/mol. The van der Waals surface area contributed by atoms with Gasteiger partial charge in [0, 0.05) is 25.0 Å². The highest BCUT2D eigenvalue weighted by Crippen LogP contribution is 2.29. The molecule has 0 bridgehead atoms. The van der Waals surface area contributed by atoms with Gasteiger partial charge in [-0.15, -0.1) is 11.3 Å². The average molecular weight is 463 g/mol. The van der Waals surface area contributed by atoms with Gasteiger partial charge in [0.2, 0.25) is 11.8 Å². The lowest BCUT2D eigenvalue weighted by Crippen LogP contribution is -2.44. The Balaban J connectivity index is 1.74. The molecule has 0 atom stereocenters. The Labute approximate surface area is 192 Å². The third-order valence-corrected chi connectivity index (χ3v) is 6.97. The molecule has 2 aromatic rings. The maximum absolute atomic E-state index is 13.2. The SMILES string of the molecule is CCCCNC(=O)C1CCC(Cn2c(=O)c3sccc3n(CC(=O)NC(C)C)c2=O)CC1. The zero-order chi connectivity index (χ0) is 23.3. The Hall–Kier alpha value is -2.42. The second-order valence-electron chi connectivity index (χ2n) is 9.00. The van der Waals surface area contributed by atoms with E-state index < -0.39 is 5.69 Å². The lowest BCUT2D eigenvalue weighted by Gasteiger charge is -2.28. The van der Waals surface area contributed by atoms with Crippen molar-refractivity contribution in [3.63, 3.8) is 0 Å². The molecule has 2 N–H and O–H groups in total. The van der Waals surface area contributed by atoms with Crippen molar-refractivity contribution in [1.82, 2.24) is 19.8 Å². The Bertz CT molecular complexity index is 1060. The molecule has 9 heteroatoms. The number of aromatic nitrogens is 2. The first-order valence-electron chi connectivity index (χ1n) is 11.6. The molecule has 1 saturated carbocycles. The number of unbranched alkanes of at least 4 members (excludes halogenated alkanes) is 1.